The lowest BCUT2D eigenvalue weighted by atomic mass is 9.83. The van der Waals surface area contributed by atoms with E-state index in [1.807, 2.05) is 11.3 Å². The van der Waals surface area contributed by atoms with Gasteiger partial charge in [-0.3, -0.25) is 0 Å². The zero-order valence-electron chi connectivity index (χ0n) is 28.0. The molecule has 2 aliphatic rings. The second kappa shape index (κ2) is 12.3. The van der Waals surface area contributed by atoms with E-state index in [1.54, 1.807) is 0 Å². The molecule has 0 bridgehead atoms. The third-order valence-corrected chi connectivity index (χ3v) is 11.6. The molecule has 0 amide bonds. The molecule has 2 atom stereocenters. The highest BCUT2D eigenvalue weighted by atomic mass is 32.1. The normalized spacial score (nSPS) is 17.0. The molecule has 0 fully saturated rings. The lowest BCUT2D eigenvalue weighted by molar-refractivity contribution is 0.739. The third kappa shape index (κ3) is 5.30. The fourth-order valence-electron chi connectivity index (χ4n) is 7.87. The Morgan fingerprint density at radius 2 is 1.20 bits per heavy atom. The molecule has 2 unspecified atom stereocenters. The third-order valence-electron chi connectivity index (χ3n) is 10.3. The van der Waals surface area contributed by atoms with Crippen molar-refractivity contribution in [3.63, 3.8) is 0 Å². The molecule has 2 aliphatic carbocycles. The number of hydrogen-bond acceptors (Lipinski definition) is 1. The van der Waals surface area contributed by atoms with Gasteiger partial charge in [0.2, 0.25) is 0 Å². The summed E-state index contributed by atoms with van der Waals surface area (Å²) in [6.45, 7) is 4.64. The first-order valence-electron chi connectivity index (χ1n) is 17.6. The molecule has 0 nitrogen and oxygen atoms in total. The highest BCUT2D eigenvalue weighted by Gasteiger charge is 2.20. The molecule has 0 N–H and O–H groups in total. The van der Waals surface area contributed by atoms with Crippen LogP contribution in [0, 0.1) is 11.8 Å². The first-order chi connectivity index (χ1) is 24.1. The summed E-state index contributed by atoms with van der Waals surface area (Å²) in [6.07, 6.45) is 14.3. The van der Waals surface area contributed by atoms with Gasteiger partial charge < -0.3 is 0 Å². The van der Waals surface area contributed by atoms with Crippen LogP contribution < -0.4 is 10.4 Å². The number of thiophene rings is 1. The van der Waals surface area contributed by atoms with E-state index in [0.29, 0.717) is 11.8 Å². The van der Waals surface area contributed by atoms with Gasteiger partial charge in [-0.1, -0.05) is 159 Å². The summed E-state index contributed by atoms with van der Waals surface area (Å²) >= 11 is 1.92. The van der Waals surface area contributed by atoms with Crippen LogP contribution in [-0.4, -0.2) is 0 Å². The summed E-state index contributed by atoms with van der Waals surface area (Å²) in [4.78, 5) is 2.66. The van der Waals surface area contributed by atoms with Crippen molar-refractivity contribution in [1.82, 2.24) is 0 Å². The van der Waals surface area contributed by atoms with E-state index in [-0.39, 0.29) is 0 Å². The zero-order valence-corrected chi connectivity index (χ0v) is 28.8. The van der Waals surface area contributed by atoms with Gasteiger partial charge in [0.15, 0.2) is 0 Å². The van der Waals surface area contributed by atoms with Gasteiger partial charge in [-0.15, -0.1) is 11.3 Å². The monoisotopic (exact) mass is 646 g/mol. The molecule has 6 aromatic carbocycles. The Labute approximate surface area is 292 Å². The second-order valence-corrected chi connectivity index (χ2v) is 14.8. The van der Waals surface area contributed by atoms with E-state index in [2.05, 4.69) is 172 Å². The summed E-state index contributed by atoms with van der Waals surface area (Å²) in [5, 5.41) is 7.93. The maximum absolute atomic E-state index is 2.52. The van der Waals surface area contributed by atoms with E-state index in [0.717, 1.165) is 12.8 Å². The fraction of sp³-hybridized carbons (Fsp3) is 0.125. The predicted octanol–water partition coefficient (Wildman–Crippen LogP) is 12.3. The quantitative estimate of drug-likeness (QED) is 0.175. The Bertz CT molecular complexity index is 2570. The van der Waals surface area contributed by atoms with Crippen LogP contribution in [0.2, 0.25) is 0 Å². The summed E-state index contributed by atoms with van der Waals surface area (Å²) in [6, 6.07) is 47.2. The Kier molecular flexibility index (Phi) is 7.52. The summed E-state index contributed by atoms with van der Waals surface area (Å²) in [5.74, 6) is 1.07. The molecular weight excluding hydrogens is 609 g/mol. The summed E-state index contributed by atoms with van der Waals surface area (Å²) in [5.41, 5.74) is 10.5. The van der Waals surface area contributed by atoms with Crippen molar-refractivity contribution in [2.24, 2.45) is 11.8 Å². The van der Waals surface area contributed by atoms with Crippen molar-refractivity contribution in [2.45, 2.75) is 26.7 Å². The number of hydrogen-bond donors (Lipinski definition) is 0. The van der Waals surface area contributed by atoms with Gasteiger partial charge in [-0.2, -0.15) is 0 Å². The van der Waals surface area contributed by atoms with Crippen LogP contribution in [-0.2, 0) is 0 Å². The Balaban J connectivity index is 1.27. The molecule has 7 aromatic rings. The lowest BCUT2D eigenvalue weighted by Gasteiger charge is -2.20. The zero-order chi connectivity index (χ0) is 32.9. The Morgan fingerprint density at radius 3 is 2.02 bits per heavy atom. The minimum atomic E-state index is 0.480. The Hall–Kier alpha value is -5.24. The van der Waals surface area contributed by atoms with Gasteiger partial charge in [0.25, 0.3) is 0 Å². The molecule has 0 aliphatic heterocycles. The number of fused-ring (bicyclic) bond motifs is 3. The smallest absolute Gasteiger partial charge is 0.0424 e. The Morgan fingerprint density at radius 1 is 0.531 bits per heavy atom. The van der Waals surface area contributed by atoms with E-state index in [4.69, 9.17) is 0 Å². The molecule has 9 rings (SSSR count). The molecule has 236 valence electrons. The standard InChI is InChI=1S/C48H38S/c1-31-22-25-35(26-23-31)48-43(34-12-4-3-5-13-34)30-45(49-48)36-16-10-17-37(29-36)46-40-19-8-9-20-41(40)47(44-28-32(2)24-27-42(44)46)39-21-11-15-33-14-6-7-18-38(33)39/h3-22,25-32H,23-24H2,1-2H3. The molecule has 1 heterocycles. The lowest BCUT2D eigenvalue weighted by Crippen LogP contribution is -2.33. The van der Waals surface area contributed by atoms with Crippen LogP contribution in [0.5, 0.6) is 0 Å². The summed E-state index contributed by atoms with van der Waals surface area (Å²) in [7, 11) is 0. The van der Waals surface area contributed by atoms with Gasteiger partial charge in [0.1, 0.15) is 0 Å². The van der Waals surface area contributed by atoms with Gasteiger partial charge in [0.05, 0.1) is 0 Å². The largest absolute Gasteiger partial charge is 0.135 e. The number of rotatable bonds is 5. The highest BCUT2D eigenvalue weighted by molar-refractivity contribution is 7.17. The van der Waals surface area contributed by atoms with E-state index in [1.165, 1.54) is 86.3 Å². The minimum absolute atomic E-state index is 0.480. The fourth-order valence-corrected chi connectivity index (χ4v) is 9.07. The van der Waals surface area contributed by atoms with Gasteiger partial charge >= 0.3 is 0 Å². The van der Waals surface area contributed by atoms with E-state index >= 15 is 0 Å². The van der Waals surface area contributed by atoms with Gasteiger partial charge in [-0.05, 0) is 108 Å². The van der Waals surface area contributed by atoms with Crippen molar-refractivity contribution < 1.29 is 0 Å². The average molecular weight is 647 g/mol. The van der Waals surface area contributed by atoms with E-state index < -0.39 is 0 Å². The van der Waals surface area contributed by atoms with Crippen molar-refractivity contribution in [3.8, 4) is 43.8 Å². The van der Waals surface area contributed by atoms with Crippen molar-refractivity contribution >= 4 is 50.6 Å². The molecule has 0 spiro atoms. The van der Waals surface area contributed by atoms with Crippen LogP contribution >= 0.6 is 11.3 Å². The topological polar surface area (TPSA) is 0 Å². The number of benzene rings is 6. The summed E-state index contributed by atoms with van der Waals surface area (Å²) < 4.78 is 0. The molecule has 49 heavy (non-hydrogen) atoms. The maximum Gasteiger partial charge on any atom is 0.0424 e. The van der Waals surface area contributed by atoms with Crippen LogP contribution in [0.3, 0.4) is 0 Å². The average Bonchev–Trinajstić information content (AvgIpc) is 3.60. The first-order valence-corrected chi connectivity index (χ1v) is 18.4. The molecule has 0 saturated carbocycles. The predicted molar refractivity (Wildman–Crippen MR) is 214 cm³/mol. The molecule has 1 heteroatoms. The van der Waals surface area contributed by atoms with Crippen LogP contribution in [0.1, 0.15) is 31.6 Å². The van der Waals surface area contributed by atoms with Crippen molar-refractivity contribution in [1.29, 1.82) is 0 Å². The second-order valence-electron chi connectivity index (χ2n) is 13.8. The number of allylic oxidation sites excluding steroid dienone is 4. The van der Waals surface area contributed by atoms with Crippen LogP contribution in [0.4, 0.5) is 0 Å². The molecule has 0 saturated heterocycles. The van der Waals surface area contributed by atoms with Gasteiger partial charge in [0, 0.05) is 15.3 Å². The minimum Gasteiger partial charge on any atom is -0.135 e. The van der Waals surface area contributed by atoms with Gasteiger partial charge in [-0.25, -0.2) is 0 Å². The molecule has 1 aromatic heterocycles. The molecule has 0 radical (unpaired) electrons. The van der Waals surface area contributed by atoms with Crippen LogP contribution in [0.25, 0.3) is 83.1 Å². The SMILES string of the molecule is CC1C=CC(c2sc(-c3cccc(-c4c5c(c(-c6cccc7ccccc67)c6ccccc46)=CC(C)CC=5)c3)cc2-c2ccccc2)=CC1. The molecular formula is C48H38S. The first kappa shape index (κ1) is 29.9. The van der Waals surface area contributed by atoms with Crippen molar-refractivity contribution in [3.05, 3.63) is 161 Å². The highest BCUT2D eigenvalue weighted by Crippen LogP contribution is 2.44. The van der Waals surface area contributed by atoms with Crippen molar-refractivity contribution in [2.75, 3.05) is 0 Å². The van der Waals surface area contributed by atoms with E-state index in [9.17, 15) is 0 Å². The van der Waals surface area contributed by atoms with Crippen LogP contribution in [0.15, 0.2) is 146 Å². The maximum atomic E-state index is 2.52.